The highest BCUT2D eigenvalue weighted by Crippen LogP contribution is 2.24. The summed E-state index contributed by atoms with van der Waals surface area (Å²) in [7, 11) is 1.40. The molecule has 0 heterocycles. The number of hydrogen-bond donors (Lipinski definition) is 0. The predicted molar refractivity (Wildman–Crippen MR) is 51.5 cm³/mol. The summed E-state index contributed by atoms with van der Waals surface area (Å²) in [6.45, 7) is 0.102. The molecule has 1 aromatic carbocycles. The molecule has 1 aromatic rings. The molecule has 0 amide bonds. The van der Waals surface area contributed by atoms with Crippen molar-refractivity contribution in [3.05, 3.63) is 33.9 Å². The van der Waals surface area contributed by atoms with E-state index in [1.807, 2.05) is 0 Å². The molecule has 0 aliphatic rings. The standard InChI is InChI=1S/C9H8N2O4/c1-15-9-4-8(11(13)14)3-2-7(9)5-10-6-12/h2-4H,5H2,1H3. The topological polar surface area (TPSA) is 81.8 Å². The second-order valence-electron chi connectivity index (χ2n) is 2.66. The van der Waals surface area contributed by atoms with Crippen LogP contribution in [0.2, 0.25) is 0 Å². The Morgan fingerprint density at radius 2 is 2.33 bits per heavy atom. The van der Waals surface area contributed by atoms with Gasteiger partial charge in [-0.15, -0.1) is 0 Å². The number of isocyanates is 1. The molecule has 6 heteroatoms. The third-order valence-electron chi connectivity index (χ3n) is 1.80. The first-order valence-corrected chi connectivity index (χ1v) is 4.04. The predicted octanol–water partition coefficient (Wildman–Crippen LogP) is 1.44. The summed E-state index contributed by atoms with van der Waals surface area (Å²) in [6.07, 6.45) is 1.39. The summed E-state index contributed by atoms with van der Waals surface area (Å²) in [6, 6.07) is 4.12. The van der Waals surface area contributed by atoms with Crippen molar-refractivity contribution in [2.75, 3.05) is 7.11 Å². The molecule has 0 fully saturated rings. The minimum absolute atomic E-state index is 0.0642. The summed E-state index contributed by atoms with van der Waals surface area (Å²) in [5.74, 6) is 0.336. The van der Waals surface area contributed by atoms with Gasteiger partial charge in [0.05, 0.1) is 24.6 Å². The molecule has 1 rings (SSSR count). The van der Waals surface area contributed by atoms with E-state index in [4.69, 9.17) is 4.74 Å². The van der Waals surface area contributed by atoms with Gasteiger partial charge in [0.15, 0.2) is 0 Å². The first kappa shape index (κ1) is 10.9. The fourth-order valence-corrected chi connectivity index (χ4v) is 1.09. The lowest BCUT2D eigenvalue weighted by Crippen LogP contribution is -1.94. The zero-order valence-electron chi connectivity index (χ0n) is 7.97. The van der Waals surface area contributed by atoms with Crippen LogP contribution in [0.25, 0.3) is 0 Å². The summed E-state index contributed by atoms with van der Waals surface area (Å²) in [4.78, 5) is 23.2. The van der Waals surface area contributed by atoms with E-state index in [-0.39, 0.29) is 12.2 Å². The van der Waals surface area contributed by atoms with Gasteiger partial charge in [0.1, 0.15) is 5.75 Å². The maximum absolute atomic E-state index is 10.5. The van der Waals surface area contributed by atoms with Gasteiger partial charge in [-0.1, -0.05) is 0 Å². The summed E-state index contributed by atoms with van der Waals surface area (Å²) < 4.78 is 4.94. The average Bonchev–Trinajstić information content (AvgIpc) is 2.25. The Balaban J connectivity index is 3.08. The number of nitro benzene ring substituents is 1. The summed E-state index contributed by atoms with van der Waals surface area (Å²) in [5.41, 5.74) is 0.539. The number of methoxy groups -OCH3 is 1. The van der Waals surface area contributed by atoms with Gasteiger partial charge in [-0.25, -0.2) is 9.79 Å². The largest absolute Gasteiger partial charge is 0.496 e. The van der Waals surface area contributed by atoms with Crippen molar-refractivity contribution in [1.29, 1.82) is 0 Å². The van der Waals surface area contributed by atoms with Crippen LogP contribution >= 0.6 is 0 Å². The molecule has 0 bridgehead atoms. The molecule has 0 atom stereocenters. The minimum atomic E-state index is -0.519. The quantitative estimate of drug-likeness (QED) is 0.324. The molecule has 0 aliphatic heterocycles. The smallest absolute Gasteiger partial charge is 0.273 e. The van der Waals surface area contributed by atoms with E-state index in [0.29, 0.717) is 11.3 Å². The molecule has 0 spiro atoms. The Bertz CT molecular complexity index is 424. The van der Waals surface area contributed by atoms with Crippen molar-refractivity contribution in [3.8, 4) is 5.75 Å². The van der Waals surface area contributed by atoms with Crippen LogP contribution in [0.4, 0.5) is 5.69 Å². The van der Waals surface area contributed by atoms with Crippen LogP contribution in [-0.2, 0) is 11.3 Å². The average molecular weight is 208 g/mol. The molecule has 0 unspecified atom stereocenters. The molecule has 15 heavy (non-hydrogen) atoms. The highest BCUT2D eigenvalue weighted by atomic mass is 16.6. The zero-order valence-corrected chi connectivity index (χ0v) is 7.97. The number of nitro groups is 1. The number of carbonyl (C=O) groups excluding carboxylic acids is 1. The fraction of sp³-hybridized carbons (Fsp3) is 0.222. The van der Waals surface area contributed by atoms with Crippen molar-refractivity contribution < 1.29 is 14.5 Å². The lowest BCUT2D eigenvalue weighted by Gasteiger charge is -2.04. The second-order valence-corrected chi connectivity index (χ2v) is 2.66. The molecule has 0 saturated carbocycles. The van der Waals surface area contributed by atoms with Crippen molar-refractivity contribution in [2.24, 2.45) is 4.99 Å². The zero-order chi connectivity index (χ0) is 11.3. The van der Waals surface area contributed by atoms with Crippen LogP contribution in [0.5, 0.6) is 5.75 Å². The molecule has 6 nitrogen and oxygen atoms in total. The number of hydrogen-bond acceptors (Lipinski definition) is 5. The molecule has 0 radical (unpaired) electrons. The third-order valence-corrected chi connectivity index (χ3v) is 1.80. The second kappa shape index (κ2) is 4.88. The van der Waals surface area contributed by atoms with E-state index in [0.717, 1.165) is 0 Å². The number of aliphatic imine (C=N–C) groups is 1. The first-order valence-electron chi connectivity index (χ1n) is 4.04. The van der Waals surface area contributed by atoms with Crippen molar-refractivity contribution in [3.63, 3.8) is 0 Å². The van der Waals surface area contributed by atoms with Gasteiger partial charge in [-0.2, -0.15) is 0 Å². The normalized spacial score (nSPS) is 9.13. The number of benzene rings is 1. The Labute approximate surface area is 85.3 Å². The van der Waals surface area contributed by atoms with Gasteiger partial charge in [0, 0.05) is 11.6 Å². The SMILES string of the molecule is COc1cc([N+](=O)[O-])ccc1CN=C=O. The summed E-state index contributed by atoms with van der Waals surface area (Å²) >= 11 is 0. The van der Waals surface area contributed by atoms with Gasteiger partial charge in [0.2, 0.25) is 6.08 Å². The van der Waals surface area contributed by atoms with Crippen LogP contribution in [0.15, 0.2) is 23.2 Å². The molecular weight excluding hydrogens is 200 g/mol. The molecule has 0 N–H and O–H groups in total. The van der Waals surface area contributed by atoms with Crippen molar-refractivity contribution >= 4 is 11.8 Å². The lowest BCUT2D eigenvalue weighted by atomic mass is 10.2. The third kappa shape index (κ3) is 2.62. The Morgan fingerprint density at radius 1 is 1.60 bits per heavy atom. The van der Waals surface area contributed by atoms with E-state index in [1.54, 1.807) is 0 Å². The number of nitrogens with zero attached hydrogens (tertiary/aromatic N) is 2. The van der Waals surface area contributed by atoms with Gasteiger partial charge >= 0.3 is 0 Å². The number of non-ortho nitro benzene ring substituents is 1. The molecular formula is C9H8N2O4. The van der Waals surface area contributed by atoms with Gasteiger partial charge in [-0.3, -0.25) is 10.1 Å². The van der Waals surface area contributed by atoms with E-state index in [2.05, 4.69) is 4.99 Å². The van der Waals surface area contributed by atoms with Crippen LogP contribution in [0.3, 0.4) is 0 Å². The fourth-order valence-electron chi connectivity index (χ4n) is 1.09. The summed E-state index contributed by atoms with van der Waals surface area (Å²) in [5, 5.41) is 10.5. The van der Waals surface area contributed by atoms with Crippen LogP contribution < -0.4 is 4.74 Å². The molecule has 0 aliphatic carbocycles. The minimum Gasteiger partial charge on any atom is -0.496 e. The van der Waals surface area contributed by atoms with E-state index in [1.165, 1.54) is 31.4 Å². The van der Waals surface area contributed by atoms with Gasteiger partial charge in [0.25, 0.3) is 5.69 Å². The maximum atomic E-state index is 10.5. The highest BCUT2D eigenvalue weighted by molar-refractivity contribution is 5.45. The Kier molecular flexibility index (Phi) is 3.54. The number of rotatable bonds is 4. The monoisotopic (exact) mass is 208 g/mol. The molecule has 78 valence electrons. The number of ether oxygens (including phenoxy) is 1. The van der Waals surface area contributed by atoms with Crippen molar-refractivity contribution in [2.45, 2.75) is 6.54 Å². The van der Waals surface area contributed by atoms with E-state index in [9.17, 15) is 14.9 Å². The van der Waals surface area contributed by atoms with E-state index >= 15 is 0 Å². The van der Waals surface area contributed by atoms with Crippen LogP contribution in [0.1, 0.15) is 5.56 Å². The highest BCUT2D eigenvalue weighted by Gasteiger charge is 2.10. The van der Waals surface area contributed by atoms with Crippen LogP contribution in [0, 0.1) is 10.1 Å². The maximum Gasteiger partial charge on any atom is 0.273 e. The molecule has 0 saturated heterocycles. The van der Waals surface area contributed by atoms with Crippen molar-refractivity contribution in [1.82, 2.24) is 0 Å². The Morgan fingerprint density at radius 3 is 2.87 bits per heavy atom. The van der Waals surface area contributed by atoms with E-state index < -0.39 is 4.92 Å². The lowest BCUT2D eigenvalue weighted by molar-refractivity contribution is -0.384. The van der Waals surface area contributed by atoms with Gasteiger partial charge < -0.3 is 4.74 Å². The molecule has 0 aromatic heterocycles. The van der Waals surface area contributed by atoms with Crippen LogP contribution in [-0.4, -0.2) is 18.1 Å². The van der Waals surface area contributed by atoms with Gasteiger partial charge in [-0.05, 0) is 6.07 Å². The Hall–Kier alpha value is -2.20. The first-order chi connectivity index (χ1) is 7.19.